The summed E-state index contributed by atoms with van der Waals surface area (Å²) in [6, 6.07) is 0. The molecule has 0 radical (unpaired) electrons. The molecule has 13 heavy (non-hydrogen) atoms. The van der Waals surface area contributed by atoms with Crippen LogP contribution in [0.15, 0.2) is 17.4 Å². The Balaban J connectivity index is 1.89. The van der Waals surface area contributed by atoms with E-state index in [0.29, 0.717) is 0 Å². The maximum Gasteiger partial charge on any atom is 0.157 e. The second-order valence-electron chi connectivity index (χ2n) is 2.84. The van der Waals surface area contributed by atoms with Gasteiger partial charge in [0, 0.05) is 25.2 Å². The molecule has 70 valence electrons. The molecule has 0 atom stereocenters. The molecule has 1 aliphatic heterocycles. The van der Waals surface area contributed by atoms with Crippen LogP contribution in [-0.2, 0) is 13.6 Å². The van der Waals surface area contributed by atoms with E-state index in [1.54, 1.807) is 18.0 Å². The molecule has 0 saturated carbocycles. The van der Waals surface area contributed by atoms with Crippen LogP contribution in [-0.4, -0.2) is 27.0 Å². The van der Waals surface area contributed by atoms with Gasteiger partial charge in [-0.1, -0.05) is 11.8 Å². The zero-order valence-corrected chi connectivity index (χ0v) is 8.34. The normalized spacial score (nSPS) is 15.9. The van der Waals surface area contributed by atoms with Crippen LogP contribution in [0.5, 0.6) is 0 Å². The Kier molecular flexibility index (Phi) is 2.54. The fourth-order valence-corrected chi connectivity index (χ4v) is 1.90. The van der Waals surface area contributed by atoms with Crippen molar-refractivity contribution in [3.05, 3.63) is 18.2 Å². The Morgan fingerprint density at radius 3 is 3.23 bits per heavy atom. The summed E-state index contributed by atoms with van der Waals surface area (Å²) in [4.78, 5) is 8.51. The summed E-state index contributed by atoms with van der Waals surface area (Å²) in [5.74, 6) is 2.14. The molecule has 4 nitrogen and oxygen atoms in total. The fraction of sp³-hybridized carbons (Fsp3) is 0.500. The van der Waals surface area contributed by atoms with Crippen LogP contribution in [0.1, 0.15) is 5.82 Å². The van der Waals surface area contributed by atoms with Crippen LogP contribution in [0, 0.1) is 0 Å². The summed E-state index contributed by atoms with van der Waals surface area (Å²) in [6.07, 6.45) is 3.75. The Morgan fingerprint density at radius 1 is 1.69 bits per heavy atom. The van der Waals surface area contributed by atoms with Crippen molar-refractivity contribution in [2.45, 2.75) is 6.54 Å². The van der Waals surface area contributed by atoms with Gasteiger partial charge < -0.3 is 9.88 Å². The molecule has 2 rings (SSSR count). The predicted octanol–water partition coefficient (Wildman–Crippen LogP) is 0.613. The first kappa shape index (κ1) is 8.62. The highest BCUT2D eigenvalue weighted by Crippen LogP contribution is 2.09. The van der Waals surface area contributed by atoms with Crippen LogP contribution in [0.25, 0.3) is 0 Å². The summed E-state index contributed by atoms with van der Waals surface area (Å²) in [5.41, 5.74) is 0. The van der Waals surface area contributed by atoms with E-state index >= 15 is 0 Å². The molecule has 0 spiro atoms. The van der Waals surface area contributed by atoms with Gasteiger partial charge in [-0.15, -0.1) is 0 Å². The average molecular weight is 196 g/mol. The first-order valence-corrected chi connectivity index (χ1v) is 5.22. The molecule has 0 saturated heterocycles. The van der Waals surface area contributed by atoms with Crippen LogP contribution in [0.4, 0.5) is 0 Å². The van der Waals surface area contributed by atoms with Gasteiger partial charge in [0.2, 0.25) is 0 Å². The monoisotopic (exact) mass is 196 g/mol. The average Bonchev–Trinajstić information content (AvgIpc) is 2.72. The summed E-state index contributed by atoms with van der Waals surface area (Å²) in [6.45, 7) is 1.70. The number of aromatic nitrogens is 2. The second kappa shape index (κ2) is 3.83. The SMILES string of the molecule is Cn1ccnc1CNC1=NCCS1. The summed E-state index contributed by atoms with van der Waals surface area (Å²) < 4.78 is 2.01. The molecule has 1 aromatic heterocycles. The van der Waals surface area contributed by atoms with Crippen molar-refractivity contribution < 1.29 is 0 Å². The van der Waals surface area contributed by atoms with E-state index in [-0.39, 0.29) is 0 Å². The van der Waals surface area contributed by atoms with Crippen LogP contribution < -0.4 is 5.32 Å². The molecule has 5 heteroatoms. The Labute approximate surface area is 81.5 Å². The molecule has 0 aliphatic carbocycles. The van der Waals surface area contributed by atoms with E-state index in [9.17, 15) is 0 Å². The van der Waals surface area contributed by atoms with Crippen molar-refractivity contribution >= 4 is 16.9 Å². The third-order valence-corrected chi connectivity index (χ3v) is 2.84. The second-order valence-corrected chi connectivity index (χ2v) is 3.93. The molecule has 0 unspecified atom stereocenters. The number of aliphatic imine (C=N–C) groups is 1. The van der Waals surface area contributed by atoms with E-state index in [4.69, 9.17) is 0 Å². The van der Waals surface area contributed by atoms with Gasteiger partial charge in [-0.25, -0.2) is 4.98 Å². The Morgan fingerprint density at radius 2 is 2.62 bits per heavy atom. The van der Waals surface area contributed by atoms with Crippen molar-refractivity contribution in [2.75, 3.05) is 12.3 Å². The fourth-order valence-electron chi connectivity index (χ4n) is 1.16. The van der Waals surface area contributed by atoms with Gasteiger partial charge in [-0.2, -0.15) is 0 Å². The van der Waals surface area contributed by atoms with Gasteiger partial charge in [-0.05, 0) is 0 Å². The first-order chi connectivity index (χ1) is 6.36. The molecule has 0 fully saturated rings. The standard InChI is InChI=1S/C8H12N4S/c1-12-4-2-9-7(12)6-11-8-10-3-5-13-8/h2,4H,3,5-6H2,1H3,(H,10,11). The van der Waals surface area contributed by atoms with Gasteiger partial charge in [0.05, 0.1) is 13.1 Å². The zero-order valence-electron chi connectivity index (χ0n) is 7.53. The lowest BCUT2D eigenvalue weighted by atomic mass is 10.6. The Bertz CT molecular complexity index is 318. The minimum atomic E-state index is 0.759. The highest BCUT2D eigenvalue weighted by atomic mass is 32.2. The zero-order chi connectivity index (χ0) is 9.10. The van der Waals surface area contributed by atoms with Crippen molar-refractivity contribution in [1.82, 2.24) is 14.9 Å². The summed E-state index contributed by atoms with van der Waals surface area (Å²) in [5, 5.41) is 4.30. The third-order valence-electron chi connectivity index (χ3n) is 1.90. The molecule has 0 bridgehead atoms. The molecule has 1 aliphatic rings. The van der Waals surface area contributed by atoms with Gasteiger partial charge in [0.15, 0.2) is 5.17 Å². The summed E-state index contributed by atoms with van der Waals surface area (Å²) >= 11 is 1.77. The van der Waals surface area contributed by atoms with Crippen molar-refractivity contribution in [1.29, 1.82) is 0 Å². The molecule has 2 heterocycles. The van der Waals surface area contributed by atoms with Crippen LogP contribution in [0.2, 0.25) is 0 Å². The smallest absolute Gasteiger partial charge is 0.157 e. The number of aryl methyl sites for hydroxylation is 1. The van der Waals surface area contributed by atoms with Crippen molar-refractivity contribution in [3.63, 3.8) is 0 Å². The molecule has 1 aromatic rings. The Hall–Kier alpha value is -0.970. The highest BCUT2D eigenvalue weighted by Gasteiger charge is 2.06. The lowest BCUT2D eigenvalue weighted by Crippen LogP contribution is -2.20. The highest BCUT2D eigenvalue weighted by molar-refractivity contribution is 8.14. The van der Waals surface area contributed by atoms with Gasteiger partial charge in [0.25, 0.3) is 0 Å². The maximum atomic E-state index is 4.30. The molecular weight excluding hydrogens is 184 g/mol. The number of rotatable bonds is 2. The topological polar surface area (TPSA) is 42.2 Å². The molecule has 1 N–H and O–H groups in total. The lowest BCUT2D eigenvalue weighted by molar-refractivity contribution is 0.754. The minimum Gasteiger partial charge on any atom is -0.358 e. The minimum absolute atomic E-state index is 0.759. The number of amidine groups is 1. The van der Waals surface area contributed by atoms with Crippen LogP contribution in [0.3, 0.4) is 0 Å². The predicted molar refractivity (Wildman–Crippen MR) is 54.8 cm³/mol. The van der Waals surface area contributed by atoms with Gasteiger partial charge in [0.1, 0.15) is 5.82 Å². The van der Waals surface area contributed by atoms with E-state index in [1.165, 1.54) is 0 Å². The van der Waals surface area contributed by atoms with Gasteiger partial charge >= 0.3 is 0 Å². The van der Waals surface area contributed by atoms with E-state index in [2.05, 4.69) is 15.3 Å². The van der Waals surface area contributed by atoms with Crippen molar-refractivity contribution in [3.8, 4) is 0 Å². The number of hydrogen-bond donors (Lipinski definition) is 1. The number of nitrogens with zero attached hydrogens (tertiary/aromatic N) is 3. The molecule has 0 amide bonds. The van der Waals surface area contributed by atoms with E-state index in [0.717, 1.165) is 29.8 Å². The molecular formula is C8H12N4S. The quantitative estimate of drug-likeness (QED) is 0.753. The van der Waals surface area contributed by atoms with Gasteiger partial charge in [-0.3, -0.25) is 4.99 Å². The van der Waals surface area contributed by atoms with E-state index < -0.39 is 0 Å². The maximum absolute atomic E-state index is 4.30. The number of nitrogens with one attached hydrogen (secondary N) is 1. The van der Waals surface area contributed by atoms with E-state index in [1.807, 2.05) is 17.8 Å². The largest absolute Gasteiger partial charge is 0.358 e. The summed E-state index contributed by atoms with van der Waals surface area (Å²) in [7, 11) is 1.99. The number of hydrogen-bond acceptors (Lipinski definition) is 4. The van der Waals surface area contributed by atoms with Crippen LogP contribution >= 0.6 is 11.8 Å². The lowest BCUT2D eigenvalue weighted by Gasteiger charge is -2.04. The van der Waals surface area contributed by atoms with Crippen molar-refractivity contribution in [2.24, 2.45) is 12.0 Å². The first-order valence-electron chi connectivity index (χ1n) is 4.23. The molecule has 0 aromatic carbocycles. The number of thioether (sulfide) groups is 1. The number of imidazole rings is 1. The third kappa shape index (κ3) is 2.03.